The Kier molecular flexibility index (Phi) is 104. The normalized spacial score (nSPS) is 2.00. The summed E-state index contributed by atoms with van der Waals surface area (Å²) in [5, 5.41) is 13.5. The summed E-state index contributed by atoms with van der Waals surface area (Å²) in [7, 11) is 0. The van der Waals surface area contributed by atoms with E-state index in [0.717, 1.165) is 0 Å². The van der Waals surface area contributed by atoms with Crippen LogP contribution in [0.4, 0.5) is 0 Å². The van der Waals surface area contributed by atoms with Gasteiger partial charge in [0.15, 0.2) is 0 Å². The van der Waals surface area contributed by atoms with E-state index in [1.165, 1.54) is 0 Å². The van der Waals surface area contributed by atoms with Crippen molar-refractivity contribution in [3.63, 3.8) is 0 Å². The summed E-state index contributed by atoms with van der Waals surface area (Å²) in [6, 6.07) is 0. The van der Waals surface area contributed by atoms with Crippen molar-refractivity contribution in [2.24, 2.45) is 0 Å². The largest absolute Gasteiger partial charge is 2.00 e. The molecule has 0 aliphatic heterocycles. The molecule has 0 rings (SSSR count). The van der Waals surface area contributed by atoms with Crippen LogP contribution < -0.4 is 0 Å². The summed E-state index contributed by atoms with van der Waals surface area (Å²) in [5.41, 5.74) is 0. The molecule has 0 aromatic carbocycles. The maximum absolute atomic E-state index is 8.24. The van der Waals surface area contributed by atoms with Gasteiger partial charge in [-0.3, -0.25) is 9.59 Å². The quantitative estimate of drug-likeness (QED) is 0.328. The van der Waals surface area contributed by atoms with Gasteiger partial charge in [-0.2, -0.15) is 0 Å². The SMILES string of the molecule is [Ba+2].[N-]=C=O.[N-]=C=O.[Sr+2]. The molecule has 0 spiro atoms. The third-order valence-electron chi connectivity index (χ3n) is 0. The van der Waals surface area contributed by atoms with Crippen LogP contribution in [0.2, 0.25) is 0 Å². The van der Waals surface area contributed by atoms with Crippen LogP contribution in [0.1, 0.15) is 0 Å². The minimum Gasteiger partial charge on any atom is -0.724 e. The van der Waals surface area contributed by atoms with Gasteiger partial charge in [0.1, 0.15) is 0 Å². The van der Waals surface area contributed by atoms with Gasteiger partial charge in [-0.15, -0.1) is 0 Å². The van der Waals surface area contributed by atoms with E-state index < -0.39 is 0 Å². The molecule has 0 fully saturated rings. The summed E-state index contributed by atoms with van der Waals surface area (Å²) >= 11 is 0. The van der Waals surface area contributed by atoms with Gasteiger partial charge in [0, 0.05) is 0 Å². The van der Waals surface area contributed by atoms with Crippen molar-refractivity contribution in [3.8, 4) is 0 Å². The van der Waals surface area contributed by atoms with Crippen molar-refractivity contribution in [1.29, 1.82) is 0 Å². The van der Waals surface area contributed by atoms with E-state index in [2.05, 4.69) is 0 Å². The molecule has 0 amide bonds. The molecule has 0 aromatic rings. The van der Waals surface area contributed by atoms with Gasteiger partial charge in [0.05, 0.1) is 0 Å². The van der Waals surface area contributed by atoms with Gasteiger partial charge in [0.25, 0.3) is 0 Å². The van der Waals surface area contributed by atoms with Crippen LogP contribution in [0.5, 0.6) is 0 Å². The number of nitrogens with zero attached hydrogens (tertiary/aromatic N) is 2. The summed E-state index contributed by atoms with van der Waals surface area (Å²) in [6.07, 6.45) is 1.00. The van der Waals surface area contributed by atoms with Crippen molar-refractivity contribution < 1.29 is 9.59 Å². The van der Waals surface area contributed by atoms with Gasteiger partial charge in [-0.1, -0.05) is 0 Å². The van der Waals surface area contributed by atoms with E-state index in [4.69, 9.17) is 20.4 Å². The third-order valence-corrected chi connectivity index (χ3v) is 0. The molecule has 0 saturated heterocycles. The van der Waals surface area contributed by atoms with Crippen molar-refractivity contribution in [2.45, 2.75) is 0 Å². The van der Waals surface area contributed by atoms with E-state index in [-0.39, 0.29) is 94.4 Å². The van der Waals surface area contributed by atoms with E-state index in [0.29, 0.717) is 12.2 Å². The minimum absolute atomic E-state index is 0. The Morgan fingerprint density at radius 2 is 1.00 bits per heavy atom. The Bertz CT molecular complexity index is 72.0. The molecule has 0 saturated carbocycles. The molecule has 0 aliphatic carbocycles. The standard InChI is InChI=1S/2CNO.Ba.Sr/c2*2-1-3;;/q2*-1;2*+2. The van der Waals surface area contributed by atoms with Crippen molar-refractivity contribution in [2.75, 3.05) is 0 Å². The number of carbonyl (C=O) groups excluding carboxylic acids is 2. The van der Waals surface area contributed by atoms with Gasteiger partial charge in [-0.05, 0) is 12.2 Å². The van der Waals surface area contributed by atoms with E-state index in [9.17, 15) is 0 Å². The molecule has 32 valence electrons. The molecule has 8 heavy (non-hydrogen) atoms. The molecule has 0 aromatic heterocycles. The molecule has 0 bridgehead atoms. The number of hydrogen-bond acceptors (Lipinski definition) is 2. The van der Waals surface area contributed by atoms with Crippen LogP contribution in [0.25, 0.3) is 10.8 Å². The summed E-state index contributed by atoms with van der Waals surface area (Å²) in [6.45, 7) is 0. The molecule has 4 nitrogen and oxygen atoms in total. The summed E-state index contributed by atoms with van der Waals surface area (Å²) in [4.78, 5) is 16.5. The van der Waals surface area contributed by atoms with Crippen LogP contribution >= 0.6 is 0 Å². The Morgan fingerprint density at radius 1 is 1.00 bits per heavy atom. The molecule has 0 unspecified atom stereocenters. The topological polar surface area (TPSA) is 78.7 Å². The summed E-state index contributed by atoms with van der Waals surface area (Å²) in [5.74, 6) is 0. The average Bonchev–Trinajstić information content (AvgIpc) is 1.39. The Hall–Kier alpha value is 1.81. The number of rotatable bonds is 0. The fraction of sp³-hybridized carbons (Fsp3) is 0. The predicted molar refractivity (Wildman–Crippen MR) is 29.6 cm³/mol. The average molecular weight is 309 g/mol. The second-order valence-electron chi connectivity index (χ2n) is 0.183. The van der Waals surface area contributed by atoms with Crippen molar-refractivity contribution in [3.05, 3.63) is 10.8 Å². The van der Waals surface area contributed by atoms with Gasteiger partial charge < -0.3 is 10.8 Å². The van der Waals surface area contributed by atoms with Crippen LogP contribution in [0, 0.1) is 0 Å². The smallest absolute Gasteiger partial charge is 0.724 e. The fourth-order valence-electron chi connectivity index (χ4n) is 0. The number of isocyanates is 2. The predicted octanol–water partition coefficient (Wildman–Crippen LogP) is -0.978. The van der Waals surface area contributed by atoms with E-state index in [1.807, 2.05) is 0 Å². The number of hydrogen-bond donors (Lipinski definition) is 0. The van der Waals surface area contributed by atoms with Crippen LogP contribution in [-0.4, -0.2) is 107 Å². The first-order chi connectivity index (χ1) is 2.83. The van der Waals surface area contributed by atoms with Gasteiger partial charge >= 0.3 is 94.4 Å². The first kappa shape index (κ1) is 22.6. The third kappa shape index (κ3) is 110. The van der Waals surface area contributed by atoms with Crippen molar-refractivity contribution in [1.82, 2.24) is 0 Å². The van der Waals surface area contributed by atoms with Crippen LogP contribution in [0.15, 0.2) is 0 Å². The second kappa shape index (κ2) is 37.0. The first-order valence-electron chi connectivity index (χ1n) is 0.855. The Labute approximate surface area is 124 Å². The molecule has 0 atom stereocenters. The zero-order valence-electron chi connectivity index (χ0n) is 4.13. The molecule has 0 N–H and O–H groups in total. The molecule has 6 heteroatoms. The Morgan fingerprint density at radius 3 is 1.00 bits per heavy atom. The van der Waals surface area contributed by atoms with Crippen LogP contribution in [-0.2, 0) is 9.59 Å². The minimum atomic E-state index is 0. The monoisotopic (exact) mass is 310 g/mol. The summed E-state index contributed by atoms with van der Waals surface area (Å²) < 4.78 is 0. The Balaban J connectivity index is -0.0000000160. The van der Waals surface area contributed by atoms with Crippen LogP contribution in [0.3, 0.4) is 0 Å². The van der Waals surface area contributed by atoms with Crippen molar-refractivity contribution >= 4 is 107 Å². The van der Waals surface area contributed by atoms with E-state index >= 15 is 0 Å². The molecular weight excluding hydrogens is 309 g/mol. The molecule has 0 aliphatic rings. The zero-order chi connectivity index (χ0) is 5.41. The molecule has 0 radical (unpaired) electrons. The maximum atomic E-state index is 8.24. The molecular formula is C2BaN2O2Sr+2. The van der Waals surface area contributed by atoms with Gasteiger partial charge in [0.2, 0.25) is 0 Å². The first-order valence-corrected chi connectivity index (χ1v) is 0.855. The van der Waals surface area contributed by atoms with Gasteiger partial charge in [-0.25, -0.2) is 0 Å². The zero-order valence-corrected chi connectivity index (χ0v) is 12.0. The second-order valence-corrected chi connectivity index (χ2v) is 0.183. The van der Waals surface area contributed by atoms with E-state index in [1.54, 1.807) is 0 Å². The maximum Gasteiger partial charge on any atom is 2.00 e. The fourth-order valence-corrected chi connectivity index (χ4v) is 0. The molecule has 0 heterocycles.